The molecule has 0 aliphatic carbocycles. The third kappa shape index (κ3) is 1.46. The van der Waals surface area contributed by atoms with Crippen LogP contribution in [0.4, 0.5) is 0 Å². The summed E-state index contributed by atoms with van der Waals surface area (Å²) in [6, 6.07) is 0. The lowest BCUT2D eigenvalue weighted by Gasteiger charge is -1.98. The van der Waals surface area contributed by atoms with Crippen LogP contribution in [0.15, 0.2) is 6.33 Å². The van der Waals surface area contributed by atoms with Gasteiger partial charge in [0.15, 0.2) is 0 Å². The van der Waals surface area contributed by atoms with Crippen LogP contribution in [0.5, 0.6) is 0 Å². The number of nitrogens with zero attached hydrogens (tertiary/aromatic N) is 3. The molecule has 1 aromatic heterocycles. The van der Waals surface area contributed by atoms with Gasteiger partial charge in [-0.25, -0.2) is 9.67 Å². The second-order valence-electron chi connectivity index (χ2n) is 1.76. The topological polar surface area (TPSA) is 50.9 Å². The molecule has 0 saturated heterocycles. The van der Waals surface area contributed by atoms with E-state index in [-0.39, 0.29) is 6.61 Å². The molecule has 1 rings (SSSR count). The molecule has 10 heavy (non-hydrogen) atoms. The van der Waals surface area contributed by atoms with Crippen molar-refractivity contribution in [3.8, 4) is 0 Å². The minimum atomic E-state index is 0.0627. The largest absolute Gasteiger partial charge is 0.394 e. The van der Waals surface area contributed by atoms with Gasteiger partial charge in [-0.1, -0.05) is 0 Å². The van der Waals surface area contributed by atoms with E-state index in [1.807, 2.05) is 0 Å². The van der Waals surface area contributed by atoms with E-state index in [4.69, 9.17) is 16.7 Å². The van der Waals surface area contributed by atoms with E-state index in [0.717, 1.165) is 0 Å². The molecule has 0 amide bonds. The van der Waals surface area contributed by atoms with Gasteiger partial charge in [0, 0.05) is 0 Å². The number of aliphatic hydroxyl groups excluding tert-OH is 1. The van der Waals surface area contributed by atoms with Crippen molar-refractivity contribution in [3.05, 3.63) is 12.2 Å². The van der Waals surface area contributed by atoms with E-state index in [1.165, 1.54) is 6.33 Å². The number of alkyl halides is 1. The zero-order valence-electron chi connectivity index (χ0n) is 5.37. The van der Waals surface area contributed by atoms with Gasteiger partial charge in [-0.3, -0.25) is 0 Å². The molecule has 1 heterocycles. The van der Waals surface area contributed by atoms with E-state index < -0.39 is 0 Å². The van der Waals surface area contributed by atoms with Crippen LogP contribution < -0.4 is 0 Å². The number of hydrogen-bond donors (Lipinski definition) is 1. The Bertz CT molecular complexity index is 201. The highest BCUT2D eigenvalue weighted by Crippen LogP contribution is 1.96. The maximum atomic E-state index is 8.53. The van der Waals surface area contributed by atoms with Crippen LogP contribution in [-0.4, -0.2) is 26.5 Å². The first-order valence-electron chi connectivity index (χ1n) is 2.92. The predicted octanol–water partition coefficient (Wildman–Crippen LogP) is 0.00920. The summed E-state index contributed by atoms with van der Waals surface area (Å²) < 4.78 is 1.58. The molecule has 0 unspecified atom stereocenters. The second kappa shape index (κ2) is 3.53. The number of halogens is 1. The molecule has 1 N–H and O–H groups in total. The maximum absolute atomic E-state index is 8.53. The Hall–Kier alpha value is -0.610. The zero-order chi connectivity index (χ0) is 7.40. The van der Waals surface area contributed by atoms with Crippen LogP contribution in [0.2, 0.25) is 0 Å². The standard InChI is InChI=1S/C5H8ClN3O/c6-3-5-7-4-8-9(5)1-2-10/h4,10H,1-3H2. The first kappa shape index (κ1) is 7.50. The van der Waals surface area contributed by atoms with E-state index in [0.29, 0.717) is 18.2 Å². The fourth-order valence-corrected chi connectivity index (χ4v) is 0.880. The van der Waals surface area contributed by atoms with Crippen LogP contribution in [0.3, 0.4) is 0 Å². The number of aromatic nitrogens is 3. The summed E-state index contributed by atoms with van der Waals surface area (Å²) in [7, 11) is 0. The van der Waals surface area contributed by atoms with Gasteiger partial charge in [0.25, 0.3) is 0 Å². The summed E-state index contributed by atoms with van der Waals surface area (Å²) in [4.78, 5) is 3.86. The zero-order valence-corrected chi connectivity index (χ0v) is 6.12. The van der Waals surface area contributed by atoms with Crippen LogP contribution in [0, 0.1) is 0 Å². The van der Waals surface area contributed by atoms with Crippen molar-refractivity contribution in [2.75, 3.05) is 6.61 Å². The summed E-state index contributed by atoms with van der Waals surface area (Å²) >= 11 is 5.50. The molecule has 0 aliphatic heterocycles. The van der Waals surface area contributed by atoms with E-state index >= 15 is 0 Å². The smallest absolute Gasteiger partial charge is 0.141 e. The summed E-state index contributed by atoms with van der Waals surface area (Å²) in [5.41, 5.74) is 0. The van der Waals surface area contributed by atoms with Crippen molar-refractivity contribution in [1.29, 1.82) is 0 Å². The summed E-state index contributed by atoms with van der Waals surface area (Å²) in [6.45, 7) is 0.523. The average molecular weight is 162 g/mol. The average Bonchev–Trinajstić information content (AvgIpc) is 2.36. The van der Waals surface area contributed by atoms with Crippen molar-refractivity contribution in [2.45, 2.75) is 12.4 Å². The molecule has 0 atom stereocenters. The minimum absolute atomic E-state index is 0.0627. The van der Waals surface area contributed by atoms with Crippen molar-refractivity contribution < 1.29 is 5.11 Å². The molecular formula is C5H8ClN3O. The van der Waals surface area contributed by atoms with Crippen molar-refractivity contribution in [1.82, 2.24) is 14.8 Å². The molecule has 0 aliphatic rings. The SMILES string of the molecule is OCCn1ncnc1CCl. The fourth-order valence-electron chi connectivity index (χ4n) is 0.673. The van der Waals surface area contributed by atoms with Crippen molar-refractivity contribution in [2.24, 2.45) is 0 Å². The Labute approximate surface area is 63.5 Å². The lowest BCUT2D eigenvalue weighted by Crippen LogP contribution is -2.07. The Balaban J connectivity index is 2.70. The lowest BCUT2D eigenvalue weighted by molar-refractivity contribution is 0.267. The van der Waals surface area contributed by atoms with Crippen molar-refractivity contribution in [3.63, 3.8) is 0 Å². The van der Waals surface area contributed by atoms with E-state index in [1.54, 1.807) is 4.68 Å². The van der Waals surface area contributed by atoms with E-state index in [2.05, 4.69) is 10.1 Å². The van der Waals surface area contributed by atoms with Gasteiger partial charge in [-0.2, -0.15) is 5.10 Å². The van der Waals surface area contributed by atoms with Crippen LogP contribution in [0.1, 0.15) is 5.82 Å². The predicted molar refractivity (Wildman–Crippen MR) is 36.7 cm³/mol. The maximum Gasteiger partial charge on any atom is 0.141 e. The summed E-state index contributed by atoms with van der Waals surface area (Å²) in [5.74, 6) is 1.02. The molecule has 0 spiro atoms. The highest BCUT2D eigenvalue weighted by Gasteiger charge is 1.99. The Morgan fingerprint density at radius 3 is 3.10 bits per heavy atom. The van der Waals surface area contributed by atoms with Crippen molar-refractivity contribution >= 4 is 11.6 Å². The van der Waals surface area contributed by atoms with Crippen LogP contribution in [-0.2, 0) is 12.4 Å². The third-order valence-electron chi connectivity index (χ3n) is 1.13. The Kier molecular flexibility index (Phi) is 2.65. The molecule has 0 bridgehead atoms. The highest BCUT2D eigenvalue weighted by atomic mass is 35.5. The molecule has 0 radical (unpaired) electrons. The Morgan fingerprint density at radius 2 is 2.50 bits per heavy atom. The molecule has 5 heteroatoms. The molecule has 1 aromatic rings. The minimum Gasteiger partial charge on any atom is -0.394 e. The first-order chi connectivity index (χ1) is 4.88. The Morgan fingerprint density at radius 1 is 1.70 bits per heavy atom. The first-order valence-corrected chi connectivity index (χ1v) is 3.45. The molecule has 0 saturated carbocycles. The fraction of sp³-hybridized carbons (Fsp3) is 0.600. The molecule has 4 nitrogen and oxygen atoms in total. The summed E-state index contributed by atoms with van der Waals surface area (Å²) in [6.07, 6.45) is 1.42. The van der Waals surface area contributed by atoms with Gasteiger partial charge in [-0.15, -0.1) is 11.6 Å². The lowest BCUT2D eigenvalue weighted by atomic mass is 10.6. The molecule has 56 valence electrons. The van der Waals surface area contributed by atoms with Gasteiger partial charge in [-0.05, 0) is 0 Å². The molecule has 0 aromatic carbocycles. The van der Waals surface area contributed by atoms with Gasteiger partial charge in [0.1, 0.15) is 12.2 Å². The number of aliphatic hydroxyl groups is 1. The number of rotatable bonds is 3. The quantitative estimate of drug-likeness (QED) is 0.636. The summed E-state index contributed by atoms with van der Waals surface area (Å²) in [5, 5.41) is 12.4. The second-order valence-corrected chi connectivity index (χ2v) is 2.02. The highest BCUT2D eigenvalue weighted by molar-refractivity contribution is 6.16. The molecular weight excluding hydrogens is 154 g/mol. The van der Waals surface area contributed by atoms with Gasteiger partial charge < -0.3 is 5.11 Å². The van der Waals surface area contributed by atoms with Gasteiger partial charge >= 0.3 is 0 Å². The molecule has 0 fully saturated rings. The third-order valence-corrected chi connectivity index (χ3v) is 1.37. The van der Waals surface area contributed by atoms with Gasteiger partial charge in [0.2, 0.25) is 0 Å². The number of hydrogen-bond acceptors (Lipinski definition) is 3. The normalized spacial score (nSPS) is 10.2. The van der Waals surface area contributed by atoms with Gasteiger partial charge in [0.05, 0.1) is 19.0 Å². The van der Waals surface area contributed by atoms with Crippen LogP contribution in [0.25, 0.3) is 0 Å². The monoisotopic (exact) mass is 161 g/mol. The van der Waals surface area contributed by atoms with E-state index in [9.17, 15) is 0 Å². The van der Waals surface area contributed by atoms with Crippen LogP contribution >= 0.6 is 11.6 Å².